The lowest BCUT2D eigenvalue weighted by Gasteiger charge is -2.23. The maximum Gasteiger partial charge on any atom is 0.0213 e. The third kappa shape index (κ3) is 1.64. The Kier molecular flexibility index (Phi) is 2.91. The maximum atomic E-state index is 5.82. The molecule has 1 fully saturated rings. The minimum Gasteiger partial charge on any atom is -0.330 e. The summed E-state index contributed by atoms with van der Waals surface area (Å²) in [5.74, 6) is 1.32. The van der Waals surface area contributed by atoms with Crippen LogP contribution in [-0.4, -0.2) is 6.54 Å². The number of benzene rings is 1. The standard InChI is InChI=1S/C13H18BrN/c1-9(2)13(7-10(13)8-15)11-5-3-4-6-12(11)14/h3-6,9-10H,7-8,15H2,1-2H3/t10-,13?/m0/s1. The lowest BCUT2D eigenvalue weighted by molar-refractivity contribution is 0.440. The van der Waals surface area contributed by atoms with E-state index in [0.29, 0.717) is 17.3 Å². The van der Waals surface area contributed by atoms with Crippen molar-refractivity contribution in [1.82, 2.24) is 0 Å². The number of rotatable bonds is 3. The zero-order valence-electron chi connectivity index (χ0n) is 9.33. The Morgan fingerprint density at radius 2 is 2.13 bits per heavy atom. The van der Waals surface area contributed by atoms with Crippen LogP contribution in [0.5, 0.6) is 0 Å². The first kappa shape index (κ1) is 11.2. The molecule has 82 valence electrons. The van der Waals surface area contributed by atoms with Gasteiger partial charge in [0, 0.05) is 9.89 Å². The van der Waals surface area contributed by atoms with Crippen LogP contribution in [0.2, 0.25) is 0 Å². The van der Waals surface area contributed by atoms with E-state index in [4.69, 9.17) is 5.73 Å². The van der Waals surface area contributed by atoms with Crippen molar-refractivity contribution in [3.63, 3.8) is 0 Å². The summed E-state index contributed by atoms with van der Waals surface area (Å²) in [6.07, 6.45) is 1.24. The zero-order chi connectivity index (χ0) is 11.1. The number of hydrogen-bond donors (Lipinski definition) is 1. The summed E-state index contributed by atoms with van der Waals surface area (Å²) in [5, 5.41) is 0. The smallest absolute Gasteiger partial charge is 0.0213 e. The Morgan fingerprint density at radius 1 is 1.47 bits per heavy atom. The van der Waals surface area contributed by atoms with Gasteiger partial charge in [-0.2, -0.15) is 0 Å². The lowest BCUT2D eigenvalue weighted by Crippen LogP contribution is -2.21. The number of halogens is 1. The molecule has 0 saturated heterocycles. The molecule has 2 N–H and O–H groups in total. The maximum absolute atomic E-state index is 5.82. The highest BCUT2D eigenvalue weighted by molar-refractivity contribution is 9.10. The first-order valence-electron chi connectivity index (χ1n) is 5.58. The van der Waals surface area contributed by atoms with Gasteiger partial charge in [0.2, 0.25) is 0 Å². The topological polar surface area (TPSA) is 26.0 Å². The molecule has 0 aromatic heterocycles. The van der Waals surface area contributed by atoms with Crippen LogP contribution < -0.4 is 5.73 Å². The molecular formula is C13H18BrN. The van der Waals surface area contributed by atoms with Crippen molar-refractivity contribution < 1.29 is 0 Å². The largest absolute Gasteiger partial charge is 0.330 e. The summed E-state index contributed by atoms with van der Waals surface area (Å²) < 4.78 is 1.23. The minimum atomic E-state index is 0.328. The van der Waals surface area contributed by atoms with Crippen LogP contribution in [0.15, 0.2) is 28.7 Å². The van der Waals surface area contributed by atoms with Gasteiger partial charge < -0.3 is 5.73 Å². The van der Waals surface area contributed by atoms with Gasteiger partial charge in [0.15, 0.2) is 0 Å². The molecule has 1 nitrogen and oxygen atoms in total. The second-order valence-electron chi connectivity index (χ2n) is 4.81. The first-order chi connectivity index (χ1) is 7.13. The van der Waals surface area contributed by atoms with Crippen molar-refractivity contribution >= 4 is 15.9 Å². The van der Waals surface area contributed by atoms with Crippen molar-refractivity contribution in [2.24, 2.45) is 17.6 Å². The van der Waals surface area contributed by atoms with Gasteiger partial charge in [0.1, 0.15) is 0 Å². The van der Waals surface area contributed by atoms with Gasteiger partial charge in [0.25, 0.3) is 0 Å². The Morgan fingerprint density at radius 3 is 2.60 bits per heavy atom. The molecule has 1 aliphatic carbocycles. The molecule has 1 aromatic carbocycles. The van der Waals surface area contributed by atoms with Crippen LogP contribution >= 0.6 is 15.9 Å². The predicted molar refractivity (Wildman–Crippen MR) is 67.8 cm³/mol. The molecule has 1 saturated carbocycles. The van der Waals surface area contributed by atoms with E-state index < -0.39 is 0 Å². The summed E-state index contributed by atoms with van der Waals surface area (Å²) in [6, 6.07) is 8.56. The molecule has 0 amide bonds. The van der Waals surface area contributed by atoms with Gasteiger partial charge in [-0.15, -0.1) is 0 Å². The van der Waals surface area contributed by atoms with Crippen molar-refractivity contribution in [3.8, 4) is 0 Å². The molecule has 0 aliphatic heterocycles. The highest BCUT2D eigenvalue weighted by atomic mass is 79.9. The van der Waals surface area contributed by atoms with E-state index in [-0.39, 0.29) is 0 Å². The van der Waals surface area contributed by atoms with Gasteiger partial charge in [0.05, 0.1) is 0 Å². The molecule has 1 unspecified atom stereocenters. The highest BCUT2D eigenvalue weighted by Crippen LogP contribution is 2.59. The van der Waals surface area contributed by atoms with Crippen molar-refractivity contribution in [3.05, 3.63) is 34.3 Å². The van der Waals surface area contributed by atoms with Crippen molar-refractivity contribution in [2.45, 2.75) is 25.7 Å². The quantitative estimate of drug-likeness (QED) is 0.894. The predicted octanol–water partition coefficient (Wildman–Crippen LogP) is 3.32. The SMILES string of the molecule is CC(C)C1(c2ccccc2Br)C[C@H]1CN. The van der Waals surface area contributed by atoms with Crippen LogP contribution in [0, 0.1) is 11.8 Å². The summed E-state index contributed by atoms with van der Waals surface area (Å²) >= 11 is 3.66. The molecule has 0 spiro atoms. The molecule has 1 aromatic rings. The number of hydrogen-bond acceptors (Lipinski definition) is 1. The molecule has 2 atom stereocenters. The third-order valence-corrected chi connectivity index (χ3v) is 4.53. The second-order valence-corrected chi connectivity index (χ2v) is 5.67. The van der Waals surface area contributed by atoms with Gasteiger partial charge in [-0.25, -0.2) is 0 Å². The van der Waals surface area contributed by atoms with Crippen LogP contribution in [-0.2, 0) is 5.41 Å². The van der Waals surface area contributed by atoms with Crippen LogP contribution in [0.1, 0.15) is 25.8 Å². The lowest BCUT2D eigenvalue weighted by atomic mass is 9.83. The van der Waals surface area contributed by atoms with Crippen molar-refractivity contribution in [1.29, 1.82) is 0 Å². The van der Waals surface area contributed by atoms with Crippen LogP contribution in [0.3, 0.4) is 0 Å². The summed E-state index contributed by atoms with van der Waals surface area (Å²) in [4.78, 5) is 0. The van der Waals surface area contributed by atoms with Gasteiger partial charge in [-0.1, -0.05) is 48.0 Å². The fraction of sp³-hybridized carbons (Fsp3) is 0.538. The molecule has 0 heterocycles. The fourth-order valence-corrected chi connectivity index (χ4v) is 3.48. The Balaban J connectivity index is 2.40. The summed E-state index contributed by atoms with van der Waals surface area (Å²) in [7, 11) is 0. The second kappa shape index (κ2) is 3.91. The van der Waals surface area contributed by atoms with E-state index in [1.165, 1.54) is 16.5 Å². The summed E-state index contributed by atoms with van der Waals surface area (Å²) in [6.45, 7) is 5.41. The third-order valence-electron chi connectivity index (χ3n) is 3.84. The van der Waals surface area contributed by atoms with E-state index in [0.717, 1.165) is 6.54 Å². The van der Waals surface area contributed by atoms with Gasteiger partial charge in [-0.3, -0.25) is 0 Å². The van der Waals surface area contributed by atoms with E-state index in [1.54, 1.807) is 0 Å². The average molecular weight is 268 g/mol. The van der Waals surface area contributed by atoms with Gasteiger partial charge in [-0.05, 0) is 36.4 Å². The molecular weight excluding hydrogens is 250 g/mol. The molecule has 0 bridgehead atoms. The van der Waals surface area contributed by atoms with Crippen molar-refractivity contribution in [2.75, 3.05) is 6.54 Å². The average Bonchev–Trinajstić information content (AvgIpc) is 2.94. The Bertz CT molecular complexity index is 361. The Labute approximate surface area is 100 Å². The minimum absolute atomic E-state index is 0.328. The van der Waals surface area contributed by atoms with Crippen LogP contribution in [0.4, 0.5) is 0 Å². The Hall–Kier alpha value is -0.340. The molecule has 2 rings (SSSR count). The molecule has 1 aliphatic rings. The van der Waals surface area contributed by atoms with E-state index in [1.807, 2.05) is 0 Å². The fourth-order valence-electron chi connectivity index (χ4n) is 2.83. The number of nitrogens with two attached hydrogens (primary N) is 1. The first-order valence-corrected chi connectivity index (χ1v) is 6.37. The van der Waals surface area contributed by atoms with E-state index in [2.05, 4.69) is 54.0 Å². The molecule has 0 radical (unpaired) electrons. The highest BCUT2D eigenvalue weighted by Gasteiger charge is 2.56. The van der Waals surface area contributed by atoms with E-state index in [9.17, 15) is 0 Å². The molecule has 2 heteroatoms. The normalized spacial score (nSPS) is 29.5. The van der Waals surface area contributed by atoms with E-state index >= 15 is 0 Å². The van der Waals surface area contributed by atoms with Gasteiger partial charge >= 0.3 is 0 Å². The monoisotopic (exact) mass is 267 g/mol. The zero-order valence-corrected chi connectivity index (χ0v) is 10.9. The molecule has 15 heavy (non-hydrogen) atoms. The summed E-state index contributed by atoms with van der Waals surface area (Å²) in [5.41, 5.74) is 7.59. The van der Waals surface area contributed by atoms with Crippen LogP contribution in [0.25, 0.3) is 0 Å².